The summed E-state index contributed by atoms with van der Waals surface area (Å²) in [5.74, 6) is 0. The van der Waals surface area contributed by atoms with Crippen LogP contribution in [0.2, 0.25) is 5.02 Å². The smallest absolute Gasteiger partial charge is 0.241 e. The van der Waals surface area contributed by atoms with E-state index in [-0.39, 0.29) is 23.1 Å². The summed E-state index contributed by atoms with van der Waals surface area (Å²) in [6, 6.07) is 2.07. The molecular weight excluding hydrogens is 292 g/mol. The van der Waals surface area contributed by atoms with E-state index in [1.807, 2.05) is 0 Å². The number of anilines is 1. The first-order chi connectivity index (χ1) is 8.81. The number of halogens is 1. The second-order valence-electron chi connectivity index (χ2n) is 4.07. The van der Waals surface area contributed by atoms with Crippen molar-refractivity contribution in [3.8, 4) is 0 Å². The Morgan fingerprint density at radius 1 is 1.53 bits per heavy atom. The average Bonchev–Trinajstić information content (AvgIpc) is 2.32. The lowest BCUT2D eigenvalue weighted by atomic mass is 10.2. The fourth-order valence-corrected chi connectivity index (χ4v) is 3.36. The molecule has 0 spiro atoms. The largest absolute Gasteiger partial charge is 0.398 e. The monoisotopic (exact) mass is 308 g/mol. The molecule has 4 N–H and O–H groups in total. The van der Waals surface area contributed by atoms with E-state index in [9.17, 15) is 8.42 Å². The molecule has 0 amide bonds. The first kappa shape index (κ1) is 16.2. The number of sulfonamides is 1. The van der Waals surface area contributed by atoms with Crippen molar-refractivity contribution >= 4 is 27.3 Å². The predicted octanol–water partition coefficient (Wildman–Crippen LogP) is 0.516. The van der Waals surface area contributed by atoms with E-state index < -0.39 is 16.1 Å². The predicted molar refractivity (Wildman–Crippen MR) is 73.7 cm³/mol. The molecule has 0 aromatic heterocycles. The van der Waals surface area contributed by atoms with Crippen LogP contribution in [0.4, 0.5) is 5.69 Å². The number of hydrogen-bond donors (Lipinski definition) is 3. The van der Waals surface area contributed by atoms with E-state index >= 15 is 0 Å². The molecule has 1 rings (SSSR count). The highest BCUT2D eigenvalue weighted by molar-refractivity contribution is 7.89. The summed E-state index contributed by atoms with van der Waals surface area (Å²) in [6.45, 7) is 1.28. The van der Waals surface area contributed by atoms with Gasteiger partial charge in [-0.3, -0.25) is 0 Å². The summed E-state index contributed by atoms with van der Waals surface area (Å²) < 4.78 is 31.6. The number of methoxy groups -OCH3 is 1. The first-order valence-electron chi connectivity index (χ1n) is 5.49. The lowest BCUT2D eigenvalue weighted by Crippen LogP contribution is -2.40. The van der Waals surface area contributed by atoms with E-state index in [2.05, 4.69) is 4.72 Å². The van der Waals surface area contributed by atoms with Crippen molar-refractivity contribution in [2.75, 3.05) is 26.1 Å². The van der Waals surface area contributed by atoms with Gasteiger partial charge in [-0.15, -0.1) is 0 Å². The van der Waals surface area contributed by atoms with Gasteiger partial charge in [0, 0.05) is 17.8 Å². The van der Waals surface area contributed by atoms with Gasteiger partial charge >= 0.3 is 0 Å². The average molecular weight is 309 g/mol. The molecule has 0 aliphatic carbocycles. The molecule has 1 aromatic carbocycles. The van der Waals surface area contributed by atoms with E-state index in [0.717, 1.165) is 0 Å². The standard InChI is InChI=1S/C11H17ClN2O4S/c1-7-10(13)3-8(12)4-11(7)19(16,17)14-9(5-15)6-18-2/h3-4,9,14-15H,5-6,13H2,1-2H3. The molecule has 1 atom stereocenters. The third-order valence-electron chi connectivity index (χ3n) is 2.56. The second-order valence-corrected chi connectivity index (χ2v) is 6.19. The van der Waals surface area contributed by atoms with Crippen molar-refractivity contribution in [3.63, 3.8) is 0 Å². The molecule has 1 unspecified atom stereocenters. The molecule has 108 valence electrons. The molecule has 19 heavy (non-hydrogen) atoms. The number of ether oxygens (including phenoxy) is 1. The molecule has 0 aliphatic heterocycles. The Morgan fingerprint density at radius 3 is 2.68 bits per heavy atom. The Kier molecular flexibility index (Phi) is 5.57. The molecule has 6 nitrogen and oxygen atoms in total. The Labute approximate surface area is 117 Å². The van der Waals surface area contributed by atoms with Crippen LogP contribution in [0.15, 0.2) is 17.0 Å². The summed E-state index contributed by atoms with van der Waals surface area (Å²) in [4.78, 5) is -0.00736. The minimum atomic E-state index is -3.82. The van der Waals surface area contributed by atoms with Crippen molar-refractivity contribution in [1.29, 1.82) is 0 Å². The van der Waals surface area contributed by atoms with Crippen LogP contribution < -0.4 is 10.5 Å². The van der Waals surface area contributed by atoms with E-state index in [4.69, 9.17) is 27.2 Å². The number of hydrogen-bond acceptors (Lipinski definition) is 5. The van der Waals surface area contributed by atoms with Crippen LogP contribution in [0, 0.1) is 6.92 Å². The molecule has 0 saturated heterocycles. The Bertz CT molecular complexity index is 548. The molecule has 0 saturated carbocycles. The van der Waals surface area contributed by atoms with Gasteiger partial charge in [-0.2, -0.15) is 0 Å². The fraction of sp³-hybridized carbons (Fsp3) is 0.455. The lowest BCUT2D eigenvalue weighted by Gasteiger charge is -2.17. The van der Waals surface area contributed by atoms with Crippen LogP contribution in [0.3, 0.4) is 0 Å². The number of nitrogen functional groups attached to an aromatic ring is 1. The first-order valence-corrected chi connectivity index (χ1v) is 7.35. The van der Waals surface area contributed by atoms with Crippen molar-refractivity contribution < 1.29 is 18.3 Å². The zero-order chi connectivity index (χ0) is 14.6. The zero-order valence-corrected chi connectivity index (χ0v) is 12.3. The number of aliphatic hydroxyl groups is 1. The maximum Gasteiger partial charge on any atom is 0.241 e. The minimum Gasteiger partial charge on any atom is -0.398 e. The fourth-order valence-electron chi connectivity index (χ4n) is 1.56. The van der Waals surface area contributed by atoms with E-state index in [1.165, 1.54) is 19.2 Å². The molecule has 0 radical (unpaired) electrons. The van der Waals surface area contributed by atoms with Crippen LogP contribution in [0.1, 0.15) is 5.56 Å². The highest BCUT2D eigenvalue weighted by Crippen LogP contribution is 2.25. The quantitative estimate of drug-likeness (QED) is 0.665. The number of rotatable bonds is 6. The lowest BCUT2D eigenvalue weighted by molar-refractivity contribution is 0.139. The van der Waals surface area contributed by atoms with Gasteiger partial charge in [-0.05, 0) is 24.6 Å². The van der Waals surface area contributed by atoms with Crippen molar-refractivity contribution in [2.45, 2.75) is 17.9 Å². The second kappa shape index (κ2) is 6.53. The van der Waals surface area contributed by atoms with Crippen LogP contribution in [0.5, 0.6) is 0 Å². The Morgan fingerprint density at radius 2 is 2.16 bits per heavy atom. The van der Waals surface area contributed by atoms with Crippen molar-refractivity contribution in [3.05, 3.63) is 22.7 Å². The normalized spacial score (nSPS) is 13.5. The summed E-state index contributed by atoms with van der Waals surface area (Å²) in [7, 11) is -2.41. The Balaban J connectivity index is 3.13. The van der Waals surface area contributed by atoms with Gasteiger partial charge in [0.1, 0.15) is 0 Å². The minimum absolute atomic E-state index is 0.00736. The molecule has 0 aliphatic rings. The molecule has 8 heteroatoms. The highest BCUT2D eigenvalue weighted by Gasteiger charge is 2.22. The van der Waals surface area contributed by atoms with Gasteiger partial charge in [0.05, 0.1) is 24.2 Å². The SMILES string of the molecule is COCC(CO)NS(=O)(=O)c1cc(Cl)cc(N)c1C. The van der Waals surface area contributed by atoms with Crippen LogP contribution >= 0.6 is 11.6 Å². The van der Waals surface area contributed by atoms with E-state index in [1.54, 1.807) is 6.92 Å². The molecule has 0 heterocycles. The molecular formula is C11H17ClN2O4S. The highest BCUT2D eigenvalue weighted by atomic mass is 35.5. The van der Waals surface area contributed by atoms with Crippen molar-refractivity contribution in [1.82, 2.24) is 4.72 Å². The topological polar surface area (TPSA) is 102 Å². The van der Waals surface area contributed by atoms with Gasteiger partial charge in [0.2, 0.25) is 10.0 Å². The van der Waals surface area contributed by atoms with E-state index in [0.29, 0.717) is 11.3 Å². The number of aliphatic hydroxyl groups excluding tert-OH is 1. The number of nitrogens with two attached hydrogens (primary N) is 1. The van der Waals surface area contributed by atoms with Crippen LogP contribution in [-0.2, 0) is 14.8 Å². The molecule has 0 fully saturated rings. The van der Waals surface area contributed by atoms with Crippen LogP contribution in [0.25, 0.3) is 0 Å². The Hall–Kier alpha value is -0.860. The summed E-state index contributed by atoms with van der Waals surface area (Å²) in [6.07, 6.45) is 0. The summed E-state index contributed by atoms with van der Waals surface area (Å²) in [5.41, 5.74) is 6.39. The third-order valence-corrected chi connectivity index (χ3v) is 4.43. The number of nitrogens with one attached hydrogen (secondary N) is 1. The maximum absolute atomic E-state index is 12.2. The third kappa shape index (κ3) is 4.05. The van der Waals surface area contributed by atoms with Gasteiger partial charge in [-0.1, -0.05) is 11.6 Å². The van der Waals surface area contributed by atoms with Crippen molar-refractivity contribution in [2.24, 2.45) is 0 Å². The summed E-state index contributed by atoms with van der Waals surface area (Å²) >= 11 is 5.81. The summed E-state index contributed by atoms with van der Waals surface area (Å²) in [5, 5.41) is 9.32. The van der Waals surface area contributed by atoms with Crippen LogP contribution in [-0.4, -0.2) is 39.9 Å². The maximum atomic E-state index is 12.2. The van der Waals surface area contributed by atoms with Gasteiger partial charge < -0.3 is 15.6 Å². The molecule has 0 bridgehead atoms. The van der Waals surface area contributed by atoms with Gasteiger partial charge in [0.15, 0.2) is 0 Å². The van der Waals surface area contributed by atoms with Gasteiger partial charge in [-0.25, -0.2) is 13.1 Å². The van der Waals surface area contributed by atoms with Gasteiger partial charge in [0.25, 0.3) is 0 Å². The molecule has 1 aromatic rings. The number of benzene rings is 1. The zero-order valence-electron chi connectivity index (χ0n) is 10.7.